The second kappa shape index (κ2) is 9.17. The number of oxime groups is 1. The summed E-state index contributed by atoms with van der Waals surface area (Å²) in [5.74, 6) is 0.813. The SMILES string of the molecule is CCCN(CCO)CCOc1ccc(C(N)=NO)cc1. The smallest absolute Gasteiger partial charge is 0.170 e. The molecule has 1 rings (SSSR count). The van der Waals surface area contributed by atoms with Crippen molar-refractivity contribution in [1.82, 2.24) is 4.90 Å². The van der Waals surface area contributed by atoms with Crippen molar-refractivity contribution in [3.05, 3.63) is 29.8 Å². The Labute approximate surface area is 119 Å². The zero-order valence-electron chi connectivity index (χ0n) is 11.8. The molecular weight excluding hydrogens is 258 g/mol. The van der Waals surface area contributed by atoms with E-state index in [1.165, 1.54) is 0 Å². The van der Waals surface area contributed by atoms with E-state index in [-0.39, 0.29) is 12.4 Å². The summed E-state index contributed by atoms with van der Waals surface area (Å²) in [5.41, 5.74) is 6.13. The topological polar surface area (TPSA) is 91.3 Å². The van der Waals surface area contributed by atoms with Gasteiger partial charge in [-0.2, -0.15) is 0 Å². The van der Waals surface area contributed by atoms with E-state index in [1.54, 1.807) is 24.3 Å². The Morgan fingerprint density at radius 1 is 1.25 bits per heavy atom. The lowest BCUT2D eigenvalue weighted by Crippen LogP contribution is -2.31. The Morgan fingerprint density at radius 2 is 1.95 bits per heavy atom. The molecule has 0 aliphatic rings. The number of ether oxygens (including phenoxy) is 1. The van der Waals surface area contributed by atoms with Crippen LogP contribution in [0.15, 0.2) is 29.4 Å². The van der Waals surface area contributed by atoms with E-state index < -0.39 is 0 Å². The summed E-state index contributed by atoms with van der Waals surface area (Å²) in [4.78, 5) is 2.16. The number of nitrogens with zero attached hydrogens (tertiary/aromatic N) is 2. The number of hydrogen-bond acceptors (Lipinski definition) is 5. The maximum atomic E-state index is 8.96. The van der Waals surface area contributed by atoms with Crippen molar-refractivity contribution in [2.45, 2.75) is 13.3 Å². The van der Waals surface area contributed by atoms with Gasteiger partial charge in [-0.25, -0.2) is 0 Å². The van der Waals surface area contributed by atoms with E-state index in [9.17, 15) is 0 Å². The summed E-state index contributed by atoms with van der Waals surface area (Å²) in [6.07, 6.45) is 1.05. The van der Waals surface area contributed by atoms with Crippen LogP contribution >= 0.6 is 0 Å². The molecule has 0 aromatic heterocycles. The van der Waals surface area contributed by atoms with Crippen LogP contribution in [0.5, 0.6) is 5.75 Å². The molecule has 0 unspecified atom stereocenters. The van der Waals surface area contributed by atoms with Gasteiger partial charge in [0.2, 0.25) is 0 Å². The molecule has 0 radical (unpaired) electrons. The first-order chi connectivity index (χ1) is 9.71. The van der Waals surface area contributed by atoms with E-state index in [1.807, 2.05) is 0 Å². The molecule has 112 valence electrons. The van der Waals surface area contributed by atoms with Crippen LogP contribution in [0.4, 0.5) is 0 Å². The molecule has 0 spiro atoms. The molecule has 6 nitrogen and oxygen atoms in total. The molecule has 0 atom stereocenters. The van der Waals surface area contributed by atoms with Gasteiger partial charge < -0.3 is 20.8 Å². The number of amidine groups is 1. The Morgan fingerprint density at radius 3 is 2.50 bits per heavy atom. The fourth-order valence-electron chi connectivity index (χ4n) is 1.87. The summed E-state index contributed by atoms with van der Waals surface area (Å²) in [6.45, 7) is 5.22. The lowest BCUT2D eigenvalue weighted by atomic mass is 10.2. The van der Waals surface area contributed by atoms with Crippen molar-refractivity contribution >= 4 is 5.84 Å². The molecule has 20 heavy (non-hydrogen) atoms. The van der Waals surface area contributed by atoms with Crippen LogP contribution in [-0.2, 0) is 0 Å². The fraction of sp³-hybridized carbons (Fsp3) is 0.500. The lowest BCUT2D eigenvalue weighted by Gasteiger charge is -2.20. The van der Waals surface area contributed by atoms with Gasteiger partial charge in [-0.3, -0.25) is 4.90 Å². The standard InChI is InChI=1S/C14H23N3O3/c1-2-7-17(8-10-18)9-11-20-13-5-3-12(4-6-13)14(15)16-19/h3-6,18-19H,2,7-11H2,1H3,(H2,15,16). The number of aliphatic hydroxyl groups is 1. The maximum Gasteiger partial charge on any atom is 0.170 e. The van der Waals surface area contributed by atoms with Crippen molar-refractivity contribution in [2.24, 2.45) is 10.9 Å². The number of nitrogens with two attached hydrogens (primary N) is 1. The van der Waals surface area contributed by atoms with Gasteiger partial charge in [-0.05, 0) is 37.2 Å². The first-order valence-corrected chi connectivity index (χ1v) is 6.75. The van der Waals surface area contributed by atoms with Crippen molar-refractivity contribution < 1.29 is 15.1 Å². The van der Waals surface area contributed by atoms with Crippen molar-refractivity contribution in [2.75, 3.05) is 32.8 Å². The van der Waals surface area contributed by atoms with Crippen LogP contribution in [0, 0.1) is 0 Å². The van der Waals surface area contributed by atoms with Gasteiger partial charge in [0.25, 0.3) is 0 Å². The third kappa shape index (κ3) is 5.46. The lowest BCUT2D eigenvalue weighted by molar-refractivity contribution is 0.168. The molecule has 0 saturated heterocycles. The summed E-state index contributed by atoms with van der Waals surface area (Å²) < 4.78 is 5.63. The summed E-state index contributed by atoms with van der Waals surface area (Å²) in [7, 11) is 0. The quantitative estimate of drug-likeness (QED) is 0.270. The second-order valence-corrected chi connectivity index (χ2v) is 4.42. The van der Waals surface area contributed by atoms with Crippen LogP contribution in [-0.4, -0.2) is 53.9 Å². The van der Waals surface area contributed by atoms with Gasteiger partial charge >= 0.3 is 0 Å². The van der Waals surface area contributed by atoms with Crippen molar-refractivity contribution in [3.63, 3.8) is 0 Å². The Balaban J connectivity index is 2.41. The highest BCUT2D eigenvalue weighted by atomic mass is 16.5. The largest absolute Gasteiger partial charge is 0.492 e. The first kappa shape index (κ1) is 16.3. The number of benzene rings is 1. The molecule has 1 aromatic carbocycles. The van der Waals surface area contributed by atoms with Gasteiger partial charge in [0, 0.05) is 18.7 Å². The molecule has 0 heterocycles. The molecule has 4 N–H and O–H groups in total. The van der Waals surface area contributed by atoms with E-state index >= 15 is 0 Å². The van der Waals surface area contributed by atoms with Crippen molar-refractivity contribution in [3.8, 4) is 5.75 Å². The van der Waals surface area contributed by atoms with Gasteiger partial charge in [-0.15, -0.1) is 0 Å². The van der Waals surface area contributed by atoms with E-state index in [4.69, 9.17) is 20.8 Å². The minimum atomic E-state index is 0.0774. The highest BCUT2D eigenvalue weighted by Crippen LogP contribution is 2.12. The first-order valence-electron chi connectivity index (χ1n) is 6.75. The normalized spacial score (nSPS) is 11.8. The predicted molar refractivity (Wildman–Crippen MR) is 78.3 cm³/mol. The Hall–Kier alpha value is -1.79. The van der Waals surface area contributed by atoms with E-state index in [0.717, 1.165) is 25.3 Å². The molecule has 0 amide bonds. The van der Waals surface area contributed by atoms with Gasteiger partial charge in [0.1, 0.15) is 12.4 Å². The number of aliphatic hydroxyl groups excluding tert-OH is 1. The highest BCUT2D eigenvalue weighted by molar-refractivity contribution is 5.97. The molecule has 1 aromatic rings. The number of rotatable bonds is 9. The Kier molecular flexibility index (Phi) is 7.46. The summed E-state index contributed by atoms with van der Waals surface area (Å²) >= 11 is 0. The molecular formula is C14H23N3O3. The van der Waals surface area contributed by atoms with Gasteiger partial charge in [-0.1, -0.05) is 12.1 Å². The highest BCUT2D eigenvalue weighted by Gasteiger charge is 2.04. The van der Waals surface area contributed by atoms with E-state index in [2.05, 4.69) is 17.0 Å². The van der Waals surface area contributed by atoms with Crippen LogP contribution < -0.4 is 10.5 Å². The van der Waals surface area contributed by atoms with Crippen LogP contribution in [0.1, 0.15) is 18.9 Å². The van der Waals surface area contributed by atoms with Crippen LogP contribution in [0.25, 0.3) is 0 Å². The summed E-state index contributed by atoms with van der Waals surface area (Å²) in [6, 6.07) is 7.04. The molecule has 0 bridgehead atoms. The van der Waals surface area contributed by atoms with Crippen LogP contribution in [0.2, 0.25) is 0 Å². The third-order valence-corrected chi connectivity index (χ3v) is 2.89. The molecule has 0 fully saturated rings. The molecule has 6 heteroatoms. The average Bonchev–Trinajstić information content (AvgIpc) is 2.47. The zero-order chi connectivity index (χ0) is 14.8. The molecule has 0 aliphatic carbocycles. The minimum absolute atomic E-state index is 0.0774. The molecule has 0 saturated carbocycles. The predicted octanol–water partition coefficient (Wildman–Crippen LogP) is 0.864. The van der Waals surface area contributed by atoms with E-state index in [0.29, 0.717) is 18.7 Å². The van der Waals surface area contributed by atoms with Crippen molar-refractivity contribution in [1.29, 1.82) is 0 Å². The van der Waals surface area contributed by atoms with Gasteiger partial charge in [0.15, 0.2) is 5.84 Å². The Bertz CT molecular complexity index is 401. The summed E-state index contributed by atoms with van der Waals surface area (Å²) in [5, 5.41) is 20.5. The van der Waals surface area contributed by atoms with Gasteiger partial charge in [0.05, 0.1) is 6.61 Å². The average molecular weight is 281 g/mol. The second-order valence-electron chi connectivity index (χ2n) is 4.42. The molecule has 0 aliphatic heterocycles. The zero-order valence-corrected chi connectivity index (χ0v) is 11.8. The monoisotopic (exact) mass is 281 g/mol. The minimum Gasteiger partial charge on any atom is -0.492 e. The fourth-order valence-corrected chi connectivity index (χ4v) is 1.87. The maximum absolute atomic E-state index is 8.96. The third-order valence-electron chi connectivity index (χ3n) is 2.89. The van der Waals surface area contributed by atoms with Crippen LogP contribution in [0.3, 0.4) is 0 Å². The number of hydrogen-bond donors (Lipinski definition) is 3.